The molecule has 0 unspecified atom stereocenters. The maximum absolute atomic E-state index is 13.7. The van der Waals surface area contributed by atoms with E-state index >= 15 is 0 Å². The third-order valence-corrected chi connectivity index (χ3v) is 11.8. The van der Waals surface area contributed by atoms with Gasteiger partial charge in [-0.2, -0.15) is 5.10 Å². The van der Waals surface area contributed by atoms with Gasteiger partial charge < -0.3 is 41.2 Å². The second-order valence-corrected chi connectivity index (χ2v) is 15.9. The normalized spacial score (nSPS) is 19.5. The molecule has 1 aliphatic heterocycles. The zero-order valence-electron chi connectivity index (χ0n) is 34.5. The summed E-state index contributed by atoms with van der Waals surface area (Å²) in [6.07, 6.45) is 2.60. The summed E-state index contributed by atoms with van der Waals surface area (Å²) < 4.78 is 3.22. The van der Waals surface area contributed by atoms with Gasteiger partial charge in [0, 0.05) is 83.1 Å². The molecule has 0 spiro atoms. The Kier molecular flexibility index (Phi) is 13.8. The fourth-order valence-electron chi connectivity index (χ4n) is 8.38. The molecule has 1 saturated carbocycles. The van der Waals surface area contributed by atoms with Crippen molar-refractivity contribution >= 4 is 28.9 Å². The van der Waals surface area contributed by atoms with Gasteiger partial charge in [-0.05, 0) is 23.1 Å². The monoisotopic (exact) mass is 842 g/mol. The van der Waals surface area contributed by atoms with Crippen molar-refractivity contribution in [2.75, 3.05) is 64.2 Å². The van der Waals surface area contributed by atoms with Crippen molar-refractivity contribution in [1.82, 2.24) is 55.0 Å². The van der Waals surface area contributed by atoms with Gasteiger partial charge in [-0.3, -0.25) is 19.3 Å². The van der Waals surface area contributed by atoms with Crippen LogP contribution in [0.2, 0.25) is 0 Å². The number of nitrogens with zero attached hydrogens (tertiary/aromatic N) is 8. The SMILES string of the molecule is O=C(NCCNC(=O)c1nc(NCC(c2ccccc2)c2ccccc2)c2ncn([C@@H]3C[C@H](n4cc(CO)cn4)[C@@H](O)[C@H]3O)c2n1)NCCN1CCN(Cc2ccccc2)CC1. The maximum atomic E-state index is 13.7. The van der Waals surface area contributed by atoms with Crippen LogP contribution in [-0.4, -0.2) is 137 Å². The number of aromatic nitrogens is 6. The standard InChI is InChI=1S/C45H54N12O5/c58-29-32-25-51-57(28-32)37-24-36(39(59)40(37)60)56-30-50-38-41(49-26-35(33-12-6-2-7-13-33)34-14-8-3-9-15-34)52-42(53-43(38)56)44(61)46-16-17-47-45(62)48-18-19-54-20-22-55(23-21-54)27-31-10-4-1-5-11-31/h1-15,25,28,30,35-37,39-40,58-60H,16-24,26-27,29H2,(H,46,61)(H2,47,48,62)(H,49,52,53)/t36-,37+,39+,40-/m1/s1. The summed E-state index contributed by atoms with van der Waals surface area (Å²) in [4.78, 5) is 45.1. The van der Waals surface area contributed by atoms with Crippen molar-refractivity contribution in [3.63, 3.8) is 0 Å². The fraction of sp³-hybridized carbons (Fsp3) is 0.378. The van der Waals surface area contributed by atoms with Gasteiger partial charge in [0.1, 0.15) is 17.7 Å². The summed E-state index contributed by atoms with van der Waals surface area (Å²) in [5.74, 6) is -0.429. The number of nitrogens with one attached hydrogen (secondary N) is 4. The number of carbonyl (C=O) groups is 2. The van der Waals surface area contributed by atoms with E-state index in [1.165, 1.54) is 18.1 Å². The Balaban J connectivity index is 0.917. The molecule has 0 radical (unpaired) electrons. The quantitative estimate of drug-likeness (QED) is 0.0661. The van der Waals surface area contributed by atoms with Crippen LogP contribution >= 0.6 is 0 Å². The van der Waals surface area contributed by atoms with Crippen LogP contribution in [0.4, 0.5) is 10.6 Å². The van der Waals surface area contributed by atoms with Gasteiger partial charge >= 0.3 is 6.03 Å². The van der Waals surface area contributed by atoms with E-state index in [-0.39, 0.29) is 43.9 Å². The van der Waals surface area contributed by atoms with E-state index in [1.54, 1.807) is 15.4 Å². The van der Waals surface area contributed by atoms with Crippen LogP contribution in [0.15, 0.2) is 110 Å². The van der Waals surface area contributed by atoms with Gasteiger partial charge in [-0.1, -0.05) is 91.0 Å². The molecule has 3 amide bonds. The lowest BCUT2D eigenvalue weighted by Gasteiger charge is -2.34. The number of hydrogen-bond acceptors (Lipinski definition) is 12. The van der Waals surface area contributed by atoms with Crippen LogP contribution in [0.5, 0.6) is 0 Å². The summed E-state index contributed by atoms with van der Waals surface area (Å²) in [6.45, 7) is 6.54. The van der Waals surface area contributed by atoms with Crippen LogP contribution in [0.1, 0.15) is 57.3 Å². The van der Waals surface area contributed by atoms with Crippen molar-refractivity contribution in [1.29, 1.82) is 0 Å². The lowest BCUT2D eigenvalue weighted by molar-refractivity contribution is 0.00720. The van der Waals surface area contributed by atoms with E-state index in [9.17, 15) is 24.9 Å². The number of urea groups is 1. The Bertz CT molecular complexity index is 2330. The second kappa shape index (κ2) is 20.1. The number of fused-ring (bicyclic) bond motifs is 1. The second-order valence-electron chi connectivity index (χ2n) is 15.9. The molecule has 4 atom stereocenters. The minimum absolute atomic E-state index is 0.0698. The summed E-state index contributed by atoms with van der Waals surface area (Å²) in [5.41, 5.74) is 4.76. The minimum atomic E-state index is -1.21. The molecular formula is C45H54N12O5. The van der Waals surface area contributed by atoms with Gasteiger partial charge in [-0.25, -0.2) is 19.7 Å². The Morgan fingerprint density at radius 1 is 0.742 bits per heavy atom. The average Bonchev–Trinajstić information content (AvgIpc) is 4.04. The number of aliphatic hydroxyl groups excluding tert-OH is 3. The summed E-state index contributed by atoms with van der Waals surface area (Å²) in [5, 5.41) is 48.4. The zero-order valence-corrected chi connectivity index (χ0v) is 34.5. The fourth-order valence-corrected chi connectivity index (χ4v) is 8.38. The van der Waals surface area contributed by atoms with Crippen LogP contribution in [0.3, 0.4) is 0 Å². The van der Waals surface area contributed by atoms with Gasteiger partial charge in [0.2, 0.25) is 5.82 Å². The minimum Gasteiger partial charge on any atom is -0.392 e. The molecule has 0 bridgehead atoms. The number of benzene rings is 3. The topological polar surface area (TPSA) is 211 Å². The van der Waals surface area contributed by atoms with Crippen molar-refractivity contribution in [3.05, 3.63) is 138 Å². The molecule has 1 saturated heterocycles. The molecule has 2 fully saturated rings. The predicted molar refractivity (Wildman–Crippen MR) is 233 cm³/mol. The first-order chi connectivity index (χ1) is 30.3. The van der Waals surface area contributed by atoms with E-state index in [1.807, 2.05) is 42.5 Å². The number of carbonyl (C=O) groups excluding carboxylic acids is 2. The van der Waals surface area contributed by atoms with Crippen molar-refractivity contribution in [2.24, 2.45) is 0 Å². The lowest BCUT2D eigenvalue weighted by atomic mass is 9.91. The average molecular weight is 843 g/mol. The number of aliphatic hydroxyl groups is 3. The maximum Gasteiger partial charge on any atom is 0.314 e. The highest BCUT2D eigenvalue weighted by molar-refractivity contribution is 5.94. The molecule has 8 rings (SSSR count). The van der Waals surface area contributed by atoms with E-state index in [0.717, 1.165) is 50.4 Å². The summed E-state index contributed by atoms with van der Waals surface area (Å²) in [7, 11) is 0. The Labute approximate surface area is 359 Å². The number of hydrogen-bond donors (Lipinski definition) is 7. The zero-order chi connectivity index (χ0) is 42.8. The molecule has 324 valence electrons. The predicted octanol–water partition coefficient (Wildman–Crippen LogP) is 2.51. The van der Waals surface area contributed by atoms with Crippen LogP contribution in [0, 0.1) is 0 Å². The molecule has 3 aromatic heterocycles. The highest BCUT2D eigenvalue weighted by atomic mass is 16.3. The first-order valence-electron chi connectivity index (χ1n) is 21.2. The van der Waals surface area contributed by atoms with Crippen molar-refractivity contribution in [2.45, 2.75) is 49.8 Å². The van der Waals surface area contributed by atoms with Crippen LogP contribution < -0.4 is 21.3 Å². The van der Waals surface area contributed by atoms with Crippen molar-refractivity contribution < 1.29 is 24.9 Å². The highest BCUT2D eigenvalue weighted by Gasteiger charge is 2.44. The summed E-state index contributed by atoms with van der Waals surface area (Å²) >= 11 is 0. The summed E-state index contributed by atoms with van der Waals surface area (Å²) in [6, 6.07) is 29.1. The molecule has 7 N–H and O–H groups in total. The molecule has 2 aliphatic rings. The van der Waals surface area contributed by atoms with Gasteiger partial charge in [-0.15, -0.1) is 0 Å². The van der Waals surface area contributed by atoms with Crippen LogP contribution in [-0.2, 0) is 13.2 Å². The number of amides is 3. The highest BCUT2D eigenvalue weighted by Crippen LogP contribution is 2.40. The number of anilines is 1. The van der Waals surface area contributed by atoms with Gasteiger partial charge in [0.05, 0.1) is 31.2 Å². The Morgan fingerprint density at radius 3 is 2.05 bits per heavy atom. The van der Waals surface area contributed by atoms with Crippen LogP contribution in [0.25, 0.3) is 11.2 Å². The molecule has 17 nitrogen and oxygen atoms in total. The molecule has 3 aromatic carbocycles. The molecule has 4 heterocycles. The van der Waals surface area contributed by atoms with E-state index in [0.29, 0.717) is 35.6 Å². The van der Waals surface area contributed by atoms with E-state index in [4.69, 9.17) is 0 Å². The molecule has 1 aliphatic carbocycles. The Morgan fingerprint density at radius 2 is 1.37 bits per heavy atom. The Hall–Kier alpha value is -6.24. The first-order valence-corrected chi connectivity index (χ1v) is 21.2. The largest absolute Gasteiger partial charge is 0.392 e. The molecular weight excluding hydrogens is 789 g/mol. The lowest BCUT2D eigenvalue weighted by Crippen LogP contribution is -2.49. The molecule has 17 heteroatoms. The van der Waals surface area contributed by atoms with Gasteiger partial charge in [0.15, 0.2) is 11.5 Å². The number of rotatable bonds is 17. The van der Waals surface area contributed by atoms with E-state index < -0.39 is 30.2 Å². The first kappa shape index (κ1) is 42.5. The smallest absolute Gasteiger partial charge is 0.314 e. The third kappa shape index (κ3) is 10.1. The third-order valence-electron chi connectivity index (χ3n) is 11.8. The van der Waals surface area contributed by atoms with E-state index in [2.05, 4.69) is 99.6 Å². The number of imidazole rings is 1. The molecule has 6 aromatic rings. The number of piperazine rings is 1. The van der Waals surface area contributed by atoms with Gasteiger partial charge in [0.25, 0.3) is 5.91 Å². The van der Waals surface area contributed by atoms with Crippen molar-refractivity contribution in [3.8, 4) is 0 Å². The molecule has 62 heavy (non-hydrogen) atoms.